The number of hydrogen-bond acceptors (Lipinski definition) is 2. The molecule has 0 atom stereocenters. The molecular formula is C12H17Cl2N3. The van der Waals surface area contributed by atoms with E-state index in [4.69, 9.17) is 28.6 Å². The van der Waals surface area contributed by atoms with Gasteiger partial charge < -0.3 is 4.90 Å². The normalized spacial score (nSPS) is 10.1. The summed E-state index contributed by atoms with van der Waals surface area (Å²) in [6, 6.07) is 5.29. The molecule has 0 aliphatic rings. The lowest BCUT2D eigenvalue weighted by Crippen LogP contribution is -2.23. The average molecular weight is 274 g/mol. The molecule has 0 radical (unpaired) electrons. The fraction of sp³-hybridized carbons (Fsp3) is 0.333. The van der Waals surface area contributed by atoms with E-state index in [-0.39, 0.29) is 7.43 Å². The number of hydrogen-bond donors (Lipinski definition) is 1. The molecule has 0 spiro atoms. The fourth-order valence-corrected chi connectivity index (χ4v) is 1.49. The van der Waals surface area contributed by atoms with Crippen LogP contribution in [0.3, 0.4) is 0 Å². The summed E-state index contributed by atoms with van der Waals surface area (Å²) < 4.78 is 0. The minimum atomic E-state index is 0. The van der Waals surface area contributed by atoms with Crippen LogP contribution >= 0.6 is 23.2 Å². The van der Waals surface area contributed by atoms with Gasteiger partial charge in [0.25, 0.3) is 0 Å². The number of likely N-dealkylation sites (N-methyl/N-ethyl adjacent to an activating group) is 1. The van der Waals surface area contributed by atoms with Gasteiger partial charge in [0.2, 0.25) is 0 Å². The zero-order valence-corrected chi connectivity index (χ0v) is 10.7. The standard InChI is InChI=1S/C11H13Cl2N3.CH4/c1-16(2)11(14)7-15-6-8-9(12)4-3-5-10(8)13;/h3-6,14H,7H2,1-2H3;1H4. The van der Waals surface area contributed by atoms with Crippen LogP contribution in [0.1, 0.15) is 13.0 Å². The third-order valence-electron chi connectivity index (χ3n) is 2.00. The molecule has 0 aromatic heterocycles. The van der Waals surface area contributed by atoms with Gasteiger partial charge in [0.05, 0.1) is 16.6 Å². The lowest BCUT2D eigenvalue weighted by Gasteiger charge is -2.10. The van der Waals surface area contributed by atoms with E-state index in [1.54, 1.807) is 43.4 Å². The first-order chi connectivity index (χ1) is 7.52. The highest BCUT2D eigenvalue weighted by Gasteiger charge is 2.02. The van der Waals surface area contributed by atoms with Gasteiger partial charge in [-0.3, -0.25) is 10.4 Å². The molecule has 1 aromatic rings. The maximum absolute atomic E-state index is 7.56. The van der Waals surface area contributed by atoms with Crippen molar-refractivity contribution in [2.24, 2.45) is 4.99 Å². The number of benzene rings is 1. The van der Waals surface area contributed by atoms with Crippen LogP contribution in [0, 0.1) is 5.41 Å². The third kappa shape index (κ3) is 4.75. The Labute approximate surface area is 113 Å². The topological polar surface area (TPSA) is 39.5 Å². The molecule has 17 heavy (non-hydrogen) atoms. The van der Waals surface area contributed by atoms with E-state index in [2.05, 4.69) is 4.99 Å². The molecule has 0 fully saturated rings. The lowest BCUT2D eigenvalue weighted by molar-refractivity contribution is 0.607. The molecule has 0 aliphatic heterocycles. The number of nitrogens with one attached hydrogen (secondary N) is 1. The average Bonchev–Trinajstić information content (AvgIpc) is 2.22. The lowest BCUT2D eigenvalue weighted by atomic mass is 10.2. The van der Waals surface area contributed by atoms with Crippen molar-refractivity contribution >= 4 is 35.3 Å². The van der Waals surface area contributed by atoms with Crippen LogP contribution < -0.4 is 0 Å². The predicted octanol–water partition coefficient (Wildman–Crippen LogP) is 3.59. The van der Waals surface area contributed by atoms with Gasteiger partial charge in [-0.2, -0.15) is 0 Å². The van der Waals surface area contributed by atoms with Gasteiger partial charge in [0, 0.05) is 25.9 Å². The Morgan fingerprint density at radius 2 is 1.88 bits per heavy atom. The highest BCUT2D eigenvalue weighted by molar-refractivity contribution is 6.38. The molecule has 5 heteroatoms. The van der Waals surface area contributed by atoms with E-state index in [0.29, 0.717) is 28.0 Å². The summed E-state index contributed by atoms with van der Waals surface area (Å²) in [5.41, 5.74) is 0.692. The minimum Gasteiger partial charge on any atom is -0.365 e. The molecule has 0 saturated carbocycles. The first-order valence-corrected chi connectivity index (χ1v) is 5.46. The molecular weight excluding hydrogens is 257 g/mol. The molecule has 0 heterocycles. The van der Waals surface area contributed by atoms with Crippen molar-refractivity contribution < 1.29 is 0 Å². The van der Waals surface area contributed by atoms with Gasteiger partial charge in [-0.15, -0.1) is 0 Å². The minimum absolute atomic E-state index is 0. The van der Waals surface area contributed by atoms with Gasteiger partial charge in [-0.1, -0.05) is 36.7 Å². The first kappa shape index (κ1) is 15.9. The maximum Gasteiger partial charge on any atom is 0.117 e. The van der Waals surface area contributed by atoms with Crippen LogP contribution in [0.5, 0.6) is 0 Å². The molecule has 0 bridgehead atoms. The van der Waals surface area contributed by atoms with Gasteiger partial charge in [-0.25, -0.2) is 0 Å². The van der Waals surface area contributed by atoms with E-state index < -0.39 is 0 Å². The molecule has 0 aliphatic carbocycles. The molecule has 1 rings (SSSR count). The van der Waals surface area contributed by atoms with E-state index in [9.17, 15) is 0 Å². The quantitative estimate of drug-likeness (QED) is 0.664. The molecule has 0 unspecified atom stereocenters. The second-order valence-electron chi connectivity index (χ2n) is 3.45. The van der Waals surface area contributed by atoms with Crippen molar-refractivity contribution in [2.45, 2.75) is 7.43 Å². The van der Waals surface area contributed by atoms with Crippen molar-refractivity contribution in [3.05, 3.63) is 33.8 Å². The zero-order chi connectivity index (χ0) is 12.1. The molecule has 0 saturated heterocycles. The van der Waals surface area contributed by atoms with Gasteiger partial charge in [0.1, 0.15) is 5.84 Å². The molecule has 3 nitrogen and oxygen atoms in total. The highest BCUT2D eigenvalue weighted by Crippen LogP contribution is 2.22. The van der Waals surface area contributed by atoms with Crippen LogP contribution in [0.15, 0.2) is 23.2 Å². The smallest absolute Gasteiger partial charge is 0.117 e. The molecule has 1 N–H and O–H groups in total. The summed E-state index contributed by atoms with van der Waals surface area (Å²) >= 11 is 11.9. The largest absolute Gasteiger partial charge is 0.365 e. The van der Waals surface area contributed by atoms with Crippen molar-refractivity contribution in [3.63, 3.8) is 0 Å². The van der Waals surface area contributed by atoms with Crippen molar-refractivity contribution in [1.82, 2.24) is 4.90 Å². The Morgan fingerprint density at radius 3 is 2.35 bits per heavy atom. The van der Waals surface area contributed by atoms with Crippen LogP contribution in [-0.4, -0.2) is 37.6 Å². The third-order valence-corrected chi connectivity index (χ3v) is 2.66. The maximum atomic E-state index is 7.56. The van der Waals surface area contributed by atoms with Crippen molar-refractivity contribution in [3.8, 4) is 0 Å². The number of amidine groups is 1. The Bertz CT molecular complexity index is 394. The van der Waals surface area contributed by atoms with Crippen molar-refractivity contribution in [2.75, 3.05) is 20.6 Å². The first-order valence-electron chi connectivity index (χ1n) is 4.71. The molecule has 0 amide bonds. The van der Waals surface area contributed by atoms with E-state index in [0.717, 1.165) is 0 Å². The predicted molar refractivity (Wildman–Crippen MR) is 77.1 cm³/mol. The Morgan fingerprint density at radius 1 is 1.35 bits per heavy atom. The summed E-state index contributed by atoms with van der Waals surface area (Å²) in [4.78, 5) is 5.82. The van der Waals surface area contributed by atoms with Gasteiger partial charge >= 0.3 is 0 Å². The Hall–Kier alpha value is -1.06. The van der Waals surface area contributed by atoms with Crippen LogP contribution in [0.4, 0.5) is 0 Å². The number of halogens is 2. The SMILES string of the molecule is C.CN(C)C(=N)CN=Cc1c(Cl)cccc1Cl. The summed E-state index contributed by atoms with van der Waals surface area (Å²) in [5.74, 6) is 0.430. The van der Waals surface area contributed by atoms with Crippen LogP contribution in [-0.2, 0) is 0 Å². The number of rotatable bonds is 3. The Balaban J connectivity index is 0.00000256. The highest BCUT2D eigenvalue weighted by atomic mass is 35.5. The molecule has 1 aromatic carbocycles. The Kier molecular flexibility index (Phi) is 6.85. The fourth-order valence-electron chi connectivity index (χ4n) is 0.999. The van der Waals surface area contributed by atoms with Crippen molar-refractivity contribution in [1.29, 1.82) is 5.41 Å². The summed E-state index contributed by atoms with van der Waals surface area (Å²) in [6.07, 6.45) is 1.60. The second-order valence-corrected chi connectivity index (χ2v) is 4.26. The number of nitrogens with zero attached hydrogens (tertiary/aromatic N) is 2. The van der Waals surface area contributed by atoms with Crippen LogP contribution in [0.2, 0.25) is 10.0 Å². The monoisotopic (exact) mass is 273 g/mol. The van der Waals surface area contributed by atoms with Gasteiger partial charge in [-0.05, 0) is 12.1 Å². The van der Waals surface area contributed by atoms with Gasteiger partial charge in [0.15, 0.2) is 0 Å². The van der Waals surface area contributed by atoms with E-state index in [1.165, 1.54) is 0 Å². The summed E-state index contributed by atoms with van der Waals surface area (Å²) in [7, 11) is 3.61. The summed E-state index contributed by atoms with van der Waals surface area (Å²) in [5, 5.41) is 8.69. The molecule has 94 valence electrons. The van der Waals surface area contributed by atoms with E-state index >= 15 is 0 Å². The number of aliphatic imine (C=N–C) groups is 1. The zero-order valence-electron chi connectivity index (χ0n) is 9.17. The summed E-state index contributed by atoms with van der Waals surface area (Å²) in [6.45, 7) is 0.314. The van der Waals surface area contributed by atoms with Crippen LogP contribution in [0.25, 0.3) is 0 Å². The second kappa shape index (κ2) is 7.30. The van der Waals surface area contributed by atoms with E-state index in [1.807, 2.05) is 0 Å².